The zero-order chi connectivity index (χ0) is 20.6. The molecule has 158 valence electrons. The number of benzene rings is 1. The molecule has 1 heterocycles. The van der Waals surface area contributed by atoms with Gasteiger partial charge < -0.3 is 15.0 Å². The molecule has 0 bridgehead atoms. The van der Waals surface area contributed by atoms with Crippen LogP contribution in [-0.4, -0.2) is 66.2 Å². The molecule has 1 fully saturated rings. The third-order valence-electron chi connectivity index (χ3n) is 5.12. The maximum atomic E-state index is 12.5. The minimum Gasteiger partial charge on any atom is -0.381 e. The van der Waals surface area contributed by atoms with E-state index in [2.05, 4.69) is 19.9 Å². The second-order valence-electron chi connectivity index (χ2n) is 7.41. The van der Waals surface area contributed by atoms with Gasteiger partial charge in [0, 0.05) is 46.9 Å². The molecule has 0 saturated carbocycles. The normalized spacial score (nSPS) is 16.2. The number of guanidine groups is 1. The number of nitrogens with zero attached hydrogens (tertiary/aromatic N) is 2. The molecule has 0 aliphatic carbocycles. The molecule has 1 saturated heterocycles. The van der Waals surface area contributed by atoms with Crippen molar-refractivity contribution in [1.29, 1.82) is 0 Å². The number of aliphatic imine (C=N–C) groups is 1. The predicted molar refractivity (Wildman–Crippen MR) is 113 cm³/mol. The molecule has 7 nitrogen and oxygen atoms in total. The fraction of sp³-hybridized carbons (Fsp3) is 0.650. The summed E-state index contributed by atoms with van der Waals surface area (Å²) in [5.74, 6) is 1.48. The summed E-state index contributed by atoms with van der Waals surface area (Å²) in [5, 5.41) is 3.23. The topological polar surface area (TPSA) is 83.0 Å². The van der Waals surface area contributed by atoms with Gasteiger partial charge >= 0.3 is 0 Å². The first-order valence-electron chi connectivity index (χ1n) is 9.90. The minimum atomic E-state index is -3.52. The summed E-state index contributed by atoms with van der Waals surface area (Å²) in [6, 6.07) is 5.45. The molecule has 1 aromatic rings. The molecule has 8 heteroatoms. The first-order valence-corrected chi connectivity index (χ1v) is 11.4. The summed E-state index contributed by atoms with van der Waals surface area (Å²) >= 11 is 0. The largest absolute Gasteiger partial charge is 0.381 e. The van der Waals surface area contributed by atoms with Crippen molar-refractivity contribution in [2.45, 2.75) is 38.0 Å². The van der Waals surface area contributed by atoms with Crippen molar-refractivity contribution < 1.29 is 13.2 Å². The second kappa shape index (κ2) is 10.8. The van der Waals surface area contributed by atoms with Crippen molar-refractivity contribution in [3.05, 3.63) is 29.3 Å². The highest BCUT2D eigenvalue weighted by Crippen LogP contribution is 2.18. The van der Waals surface area contributed by atoms with Gasteiger partial charge in [-0.15, -0.1) is 0 Å². The van der Waals surface area contributed by atoms with Crippen molar-refractivity contribution >= 4 is 16.0 Å². The lowest BCUT2D eigenvalue weighted by Crippen LogP contribution is -2.43. The predicted octanol–water partition coefficient (Wildman–Crippen LogP) is 1.91. The Bertz CT molecular complexity index is 759. The third kappa shape index (κ3) is 6.76. The van der Waals surface area contributed by atoms with Gasteiger partial charge in [-0.05, 0) is 56.2 Å². The van der Waals surface area contributed by atoms with Crippen molar-refractivity contribution in [1.82, 2.24) is 14.9 Å². The first-order chi connectivity index (χ1) is 13.3. The SMILES string of the molecule is CN=C(NCCNS(=O)(=O)c1cc(C)ccc1C)N(C)CCC1CCOCC1. The average molecular weight is 411 g/mol. The Balaban J connectivity index is 1.78. The van der Waals surface area contributed by atoms with Crippen LogP contribution in [0, 0.1) is 19.8 Å². The van der Waals surface area contributed by atoms with Gasteiger partial charge in [0.15, 0.2) is 5.96 Å². The highest BCUT2D eigenvalue weighted by molar-refractivity contribution is 7.89. The number of ether oxygens (including phenoxy) is 1. The van der Waals surface area contributed by atoms with E-state index < -0.39 is 10.0 Å². The summed E-state index contributed by atoms with van der Waals surface area (Å²) in [6.45, 7) is 7.10. The molecule has 1 aliphatic heterocycles. The fourth-order valence-electron chi connectivity index (χ4n) is 3.34. The Hall–Kier alpha value is -1.64. The van der Waals surface area contributed by atoms with Crippen LogP contribution in [0.5, 0.6) is 0 Å². The molecule has 2 N–H and O–H groups in total. The van der Waals surface area contributed by atoms with E-state index in [1.807, 2.05) is 33.0 Å². The van der Waals surface area contributed by atoms with Crippen LogP contribution in [0.15, 0.2) is 28.1 Å². The van der Waals surface area contributed by atoms with Gasteiger partial charge in [0.2, 0.25) is 10.0 Å². The van der Waals surface area contributed by atoms with Crippen LogP contribution in [0.25, 0.3) is 0 Å². The Labute approximate surface area is 169 Å². The monoisotopic (exact) mass is 410 g/mol. The zero-order valence-electron chi connectivity index (χ0n) is 17.5. The number of aryl methyl sites for hydroxylation is 2. The van der Waals surface area contributed by atoms with E-state index in [9.17, 15) is 8.42 Å². The third-order valence-corrected chi connectivity index (χ3v) is 6.72. The molecule has 2 rings (SSSR count). The molecule has 28 heavy (non-hydrogen) atoms. The van der Waals surface area contributed by atoms with E-state index in [-0.39, 0.29) is 0 Å². The molecule has 0 radical (unpaired) electrons. The molecule has 0 unspecified atom stereocenters. The van der Waals surface area contributed by atoms with E-state index in [1.54, 1.807) is 13.1 Å². The highest BCUT2D eigenvalue weighted by Gasteiger charge is 2.17. The van der Waals surface area contributed by atoms with Gasteiger partial charge in [0.25, 0.3) is 0 Å². The Morgan fingerprint density at radius 3 is 2.64 bits per heavy atom. The molecule has 0 atom stereocenters. The van der Waals surface area contributed by atoms with Crippen LogP contribution in [0.4, 0.5) is 0 Å². The summed E-state index contributed by atoms with van der Waals surface area (Å²) in [4.78, 5) is 6.73. The number of hydrogen-bond donors (Lipinski definition) is 2. The quantitative estimate of drug-likeness (QED) is 0.389. The van der Waals surface area contributed by atoms with Gasteiger partial charge in [-0.2, -0.15) is 0 Å². The minimum absolute atomic E-state index is 0.294. The first kappa shape index (κ1) is 22.6. The number of sulfonamides is 1. The molecule has 0 aromatic heterocycles. The highest BCUT2D eigenvalue weighted by atomic mass is 32.2. The van der Waals surface area contributed by atoms with Crippen LogP contribution in [0.3, 0.4) is 0 Å². The Morgan fingerprint density at radius 1 is 1.25 bits per heavy atom. The molecular formula is C20H34N4O3S. The van der Waals surface area contributed by atoms with E-state index in [1.165, 1.54) is 0 Å². The Kier molecular flexibility index (Phi) is 8.72. The zero-order valence-corrected chi connectivity index (χ0v) is 18.3. The van der Waals surface area contributed by atoms with Gasteiger partial charge in [0.1, 0.15) is 0 Å². The van der Waals surface area contributed by atoms with E-state index in [0.717, 1.165) is 56.1 Å². The van der Waals surface area contributed by atoms with E-state index in [0.29, 0.717) is 23.9 Å². The van der Waals surface area contributed by atoms with Crippen LogP contribution in [-0.2, 0) is 14.8 Å². The molecule has 1 aliphatic rings. The summed E-state index contributed by atoms with van der Waals surface area (Å²) < 4.78 is 33.2. The van der Waals surface area contributed by atoms with Crippen molar-refractivity contribution in [3.63, 3.8) is 0 Å². The second-order valence-corrected chi connectivity index (χ2v) is 9.14. The lowest BCUT2D eigenvalue weighted by atomic mass is 9.96. The van der Waals surface area contributed by atoms with Crippen molar-refractivity contribution in [2.24, 2.45) is 10.9 Å². The summed E-state index contributed by atoms with van der Waals surface area (Å²) in [5.41, 5.74) is 1.67. The average Bonchev–Trinajstić information content (AvgIpc) is 2.68. The van der Waals surface area contributed by atoms with Gasteiger partial charge in [0.05, 0.1) is 4.90 Å². The van der Waals surface area contributed by atoms with Crippen LogP contribution < -0.4 is 10.0 Å². The van der Waals surface area contributed by atoms with Gasteiger partial charge in [-0.1, -0.05) is 12.1 Å². The van der Waals surface area contributed by atoms with Gasteiger partial charge in [-0.25, -0.2) is 13.1 Å². The maximum absolute atomic E-state index is 12.5. The molecular weight excluding hydrogens is 376 g/mol. The number of hydrogen-bond acceptors (Lipinski definition) is 4. The van der Waals surface area contributed by atoms with Crippen molar-refractivity contribution in [3.8, 4) is 0 Å². The Morgan fingerprint density at radius 2 is 1.96 bits per heavy atom. The summed E-state index contributed by atoms with van der Waals surface area (Å²) in [7, 11) is 0.234. The van der Waals surface area contributed by atoms with Crippen LogP contribution in [0.1, 0.15) is 30.4 Å². The fourth-order valence-corrected chi connectivity index (χ4v) is 4.70. The molecule has 0 spiro atoms. The molecule has 0 amide bonds. The smallest absolute Gasteiger partial charge is 0.240 e. The standard InChI is InChI=1S/C20H34N4O3S/c1-16-5-6-17(2)19(15-16)28(25,26)23-11-10-22-20(21-3)24(4)12-7-18-8-13-27-14-9-18/h5-6,15,18,23H,7-14H2,1-4H3,(H,21,22). The van der Waals surface area contributed by atoms with E-state index >= 15 is 0 Å². The van der Waals surface area contributed by atoms with E-state index in [4.69, 9.17) is 4.74 Å². The lowest BCUT2D eigenvalue weighted by molar-refractivity contribution is 0.0625. The molecule has 1 aromatic carbocycles. The summed E-state index contributed by atoms with van der Waals surface area (Å²) in [6.07, 6.45) is 3.36. The maximum Gasteiger partial charge on any atom is 0.240 e. The number of rotatable bonds is 8. The lowest BCUT2D eigenvalue weighted by Gasteiger charge is -2.26. The van der Waals surface area contributed by atoms with Crippen LogP contribution in [0.2, 0.25) is 0 Å². The number of nitrogens with one attached hydrogen (secondary N) is 2. The van der Waals surface area contributed by atoms with Crippen molar-refractivity contribution in [2.75, 3.05) is 46.9 Å². The van der Waals surface area contributed by atoms with Crippen LogP contribution >= 0.6 is 0 Å². The van der Waals surface area contributed by atoms with Gasteiger partial charge in [-0.3, -0.25) is 4.99 Å².